The Balaban J connectivity index is 2.17. The Morgan fingerprint density at radius 2 is 2.05 bits per heavy atom. The Morgan fingerprint density at radius 1 is 1.37 bits per heavy atom. The van der Waals surface area contributed by atoms with Crippen LogP contribution in [0.4, 0.5) is 5.69 Å². The summed E-state index contributed by atoms with van der Waals surface area (Å²) in [6.45, 7) is 0. The molecule has 1 aliphatic rings. The number of nitrogens with two attached hydrogens (primary N) is 1. The number of nitrogens with zero attached hydrogens (tertiary/aromatic N) is 1. The second-order valence-electron chi connectivity index (χ2n) is 4.38. The van der Waals surface area contributed by atoms with Gasteiger partial charge in [-0.2, -0.15) is 0 Å². The minimum Gasteiger partial charge on any atom is -0.478 e. The molecule has 4 heteroatoms. The molecule has 1 aromatic rings. The molecule has 1 aliphatic carbocycles. The Morgan fingerprint density at radius 3 is 2.63 bits per heavy atom. The van der Waals surface area contributed by atoms with Gasteiger partial charge in [-0.05, 0) is 30.2 Å². The van der Waals surface area contributed by atoms with E-state index < -0.39 is 5.97 Å². The smallest absolute Gasteiger partial charge is 0.337 e. The standard InChI is InChI=1S/C15H16N2O2/c1-17(12-5-3-2-4-6-12)10-11-7-8-13(15(18)19)14(16)9-11/h2-6,8-10H,7,16H2,1H3,(H,18,19). The van der Waals surface area contributed by atoms with Crippen LogP contribution in [-0.4, -0.2) is 18.1 Å². The fraction of sp³-hybridized carbons (Fsp3) is 0.133. The fourth-order valence-corrected chi connectivity index (χ4v) is 1.96. The lowest BCUT2D eigenvalue weighted by Crippen LogP contribution is -2.15. The van der Waals surface area contributed by atoms with E-state index in [1.54, 1.807) is 12.2 Å². The molecule has 0 bridgehead atoms. The predicted molar refractivity (Wildman–Crippen MR) is 75.5 cm³/mol. The average molecular weight is 256 g/mol. The lowest BCUT2D eigenvalue weighted by atomic mass is 10.00. The van der Waals surface area contributed by atoms with Gasteiger partial charge in [0.25, 0.3) is 0 Å². The molecule has 98 valence electrons. The molecule has 0 atom stereocenters. The number of carboxylic acids is 1. The Kier molecular flexibility index (Phi) is 3.71. The highest BCUT2D eigenvalue weighted by Gasteiger charge is 2.14. The second-order valence-corrected chi connectivity index (χ2v) is 4.38. The maximum atomic E-state index is 10.9. The van der Waals surface area contributed by atoms with Crippen LogP contribution < -0.4 is 10.6 Å². The Labute approximate surface area is 112 Å². The molecule has 19 heavy (non-hydrogen) atoms. The average Bonchev–Trinajstić information content (AvgIpc) is 2.39. The zero-order valence-electron chi connectivity index (χ0n) is 10.7. The molecule has 4 nitrogen and oxygen atoms in total. The van der Waals surface area contributed by atoms with Crippen LogP contribution in [0.5, 0.6) is 0 Å². The van der Waals surface area contributed by atoms with E-state index in [9.17, 15) is 4.79 Å². The first-order valence-corrected chi connectivity index (χ1v) is 5.97. The van der Waals surface area contributed by atoms with Crippen LogP contribution in [0.25, 0.3) is 0 Å². The topological polar surface area (TPSA) is 66.6 Å². The largest absolute Gasteiger partial charge is 0.478 e. The third-order valence-electron chi connectivity index (χ3n) is 2.95. The van der Waals surface area contributed by atoms with Crippen molar-refractivity contribution in [3.8, 4) is 0 Å². The molecule has 0 heterocycles. The van der Waals surface area contributed by atoms with E-state index in [-0.39, 0.29) is 5.57 Å². The summed E-state index contributed by atoms with van der Waals surface area (Å²) in [4.78, 5) is 12.9. The summed E-state index contributed by atoms with van der Waals surface area (Å²) in [5.41, 5.74) is 8.26. The number of para-hydroxylation sites is 1. The molecular weight excluding hydrogens is 240 g/mol. The summed E-state index contributed by atoms with van der Waals surface area (Å²) in [5.74, 6) is -0.982. The Bertz CT molecular complexity index is 571. The first-order valence-electron chi connectivity index (χ1n) is 5.97. The van der Waals surface area contributed by atoms with E-state index in [1.165, 1.54) is 0 Å². The molecule has 0 fully saturated rings. The molecule has 3 N–H and O–H groups in total. The molecule has 0 saturated carbocycles. The summed E-state index contributed by atoms with van der Waals surface area (Å²) >= 11 is 0. The molecule has 0 radical (unpaired) electrons. The molecule has 0 saturated heterocycles. The highest BCUT2D eigenvalue weighted by Crippen LogP contribution is 2.21. The summed E-state index contributed by atoms with van der Waals surface area (Å²) in [7, 11) is 1.95. The highest BCUT2D eigenvalue weighted by atomic mass is 16.4. The number of rotatable bonds is 3. The van der Waals surface area contributed by atoms with Gasteiger partial charge < -0.3 is 15.7 Å². The zero-order chi connectivity index (χ0) is 13.8. The maximum absolute atomic E-state index is 10.9. The van der Waals surface area contributed by atoms with Crippen molar-refractivity contribution in [2.45, 2.75) is 6.42 Å². The minimum absolute atomic E-state index is 0.180. The van der Waals surface area contributed by atoms with E-state index in [0.29, 0.717) is 12.1 Å². The molecule has 0 aromatic heterocycles. The van der Waals surface area contributed by atoms with Crippen LogP contribution >= 0.6 is 0 Å². The van der Waals surface area contributed by atoms with Gasteiger partial charge >= 0.3 is 5.97 Å². The van der Waals surface area contributed by atoms with Crippen LogP contribution in [0, 0.1) is 0 Å². The molecule has 0 unspecified atom stereocenters. The highest BCUT2D eigenvalue weighted by molar-refractivity contribution is 5.92. The van der Waals surface area contributed by atoms with Gasteiger partial charge in [0.2, 0.25) is 0 Å². The van der Waals surface area contributed by atoms with Crippen molar-refractivity contribution in [3.05, 3.63) is 65.5 Å². The number of anilines is 1. The van der Waals surface area contributed by atoms with Crippen molar-refractivity contribution in [1.29, 1.82) is 0 Å². The third kappa shape index (κ3) is 3.04. The van der Waals surface area contributed by atoms with Gasteiger partial charge in [0.15, 0.2) is 0 Å². The van der Waals surface area contributed by atoms with E-state index in [4.69, 9.17) is 10.8 Å². The van der Waals surface area contributed by atoms with Crippen molar-refractivity contribution < 1.29 is 9.90 Å². The van der Waals surface area contributed by atoms with Crippen molar-refractivity contribution >= 4 is 11.7 Å². The summed E-state index contributed by atoms with van der Waals surface area (Å²) in [5, 5.41) is 8.94. The van der Waals surface area contributed by atoms with Gasteiger partial charge in [-0.15, -0.1) is 0 Å². The van der Waals surface area contributed by atoms with Crippen LogP contribution in [0.1, 0.15) is 6.42 Å². The monoisotopic (exact) mass is 256 g/mol. The third-order valence-corrected chi connectivity index (χ3v) is 2.95. The molecule has 1 aromatic carbocycles. The van der Waals surface area contributed by atoms with Crippen LogP contribution in [-0.2, 0) is 4.79 Å². The first-order chi connectivity index (χ1) is 9.08. The molecule has 0 amide bonds. The molecule has 2 rings (SSSR count). The van der Waals surface area contributed by atoms with Gasteiger partial charge in [-0.1, -0.05) is 24.3 Å². The van der Waals surface area contributed by atoms with Crippen molar-refractivity contribution in [2.24, 2.45) is 5.73 Å². The van der Waals surface area contributed by atoms with Gasteiger partial charge in [-0.3, -0.25) is 0 Å². The molecule has 0 spiro atoms. The first kappa shape index (κ1) is 13.0. The summed E-state index contributed by atoms with van der Waals surface area (Å²) < 4.78 is 0. The number of carbonyl (C=O) groups is 1. The van der Waals surface area contributed by atoms with Crippen LogP contribution in [0.15, 0.2) is 65.5 Å². The van der Waals surface area contributed by atoms with Crippen molar-refractivity contribution in [2.75, 3.05) is 11.9 Å². The normalized spacial score (nSPS) is 16.8. The second kappa shape index (κ2) is 5.44. The Hall–Kier alpha value is -2.49. The number of benzene rings is 1. The van der Waals surface area contributed by atoms with Gasteiger partial charge in [0.1, 0.15) is 0 Å². The van der Waals surface area contributed by atoms with Crippen molar-refractivity contribution in [1.82, 2.24) is 0 Å². The van der Waals surface area contributed by atoms with Crippen LogP contribution in [0.3, 0.4) is 0 Å². The minimum atomic E-state index is -0.982. The fourth-order valence-electron chi connectivity index (χ4n) is 1.96. The zero-order valence-corrected chi connectivity index (χ0v) is 10.7. The predicted octanol–water partition coefficient (Wildman–Crippen LogP) is 2.26. The number of aliphatic carboxylic acids is 1. The number of hydrogen-bond donors (Lipinski definition) is 2. The summed E-state index contributed by atoms with van der Waals surface area (Å²) in [6, 6.07) is 9.91. The number of carboxylic acid groups (broad SMARTS) is 1. The lowest BCUT2D eigenvalue weighted by Gasteiger charge is -2.17. The van der Waals surface area contributed by atoms with E-state index in [0.717, 1.165) is 11.3 Å². The van der Waals surface area contributed by atoms with E-state index in [2.05, 4.69) is 0 Å². The lowest BCUT2D eigenvalue weighted by molar-refractivity contribution is -0.132. The molecule has 0 aliphatic heterocycles. The van der Waals surface area contributed by atoms with Gasteiger partial charge in [0.05, 0.1) is 5.57 Å². The van der Waals surface area contributed by atoms with Crippen LogP contribution in [0.2, 0.25) is 0 Å². The van der Waals surface area contributed by atoms with E-state index in [1.807, 2.05) is 48.5 Å². The number of hydrogen-bond acceptors (Lipinski definition) is 3. The SMILES string of the molecule is CN(C=C1C=C(N)C(C(=O)O)=CC1)c1ccccc1. The quantitative estimate of drug-likeness (QED) is 0.870. The van der Waals surface area contributed by atoms with Crippen molar-refractivity contribution in [3.63, 3.8) is 0 Å². The van der Waals surface area contributed by atoms with E-state index >= 15 is 0 Å². The van der Waals surface area contributed by atoms with Gasteiger partial charge in [0, 0.05) is 24.6 Å². The summed E-state index contributed by atoms with van der Waals surface area (Å²) in [6.07, 6.45) is 5.88. The maximum Gasteiger partial charge on any atom is 0.337 e. The van der Waals surface area contributed by atoms with Gasteiger partial charge in [-0.25, -0.2) is 4.79 Å². The number of allylic oxidation sites excluding steroid dienone is 3. The molecular formula is C15H16N2O2.